The molecule has 1 aliphatic carbocycles. The Balaban J connectivity index is 1.65. The lowest BCUT2D eigenvalue weighted by molar-refractivity contribution is 0.404. The van der Waals surface area contributed by atoms with Gasteiger partial charge in [-0.05, 0) is 37.5 Å². The highest BCUT2D eigenvalue weighted by atomic mass is 32.1. The van der Waals surface area contributed by atoms with Crippen molar-refractivity contribution in [3.8, 4) is 5.75 Å². The molecule has 1 saturated carbocycles. The Hall–Kier alpha value is -2.08. The third-order valence-corrected chi connectivity index (χ3v) is 6.05. The lowest BCUT2D eigenvalue weighted by Crippen LogP contribution is -2.44. The van der Waals surface area contributed by atoms with Gasteiger partial charge < -0.3 is 15.4 Å². The Labute approximate surface area is 159 Å². The van der Waals surface area contributed by atoms with Crippen LogP contribution < -0.4 is 15.4 Å². The molecule has 2 aromatic rings. The minimum absolute atomic E-state index is 0.143. The largest absolute Gasteiger partial charge is 0.497 e. The van der Waals surface area contributed by atoms with Crippen molar-refractivity contribution in [3.05, 3.63) is 45.9 Å². The molecule has 1 aromatic carbocycles. The molecule has 0 spiro atoms. The van der Waals surface area contributed by atoms with E-state index in [0.717, 1.165) is 23.3 Å². The fourth-order valence-corrected chi connectivity index (χ4v) is 4.42. The Morgan fingerprint density at radius 2 is 2.12 bits per heavy atom. The van der Waals surface area contributed by atoms with Crippen molar-refractivity contribution in [2.45, 2.75) is 44.6 Å². The van der Waals surface area contributed by atoms with Gasteiger partial charge in [-0.25, -0.2) is 4.98 Å². The number of aromatic nitrogens is 1. The third kappa shape index (κ3) is 4.36. The first kappa shape index (κ1) is 18.7. The highest BCUT2D eigenvalue weighted by Gasteiger charge is 2.36. The number of nitrogens with one attached hydrogen (secondary N) is 2. The number of aliphatic imine (C=N–C) groups is 1. The van der Waals surface area contributed by atoms with Gasteiger partial charge in [0.15, 0.2) is 5.96 Å². The quantitative estimate of drug-likeness (QED) is 0.600. The first-order valence-corrected chi connectivity index (χ1v) is 9.97. The lowest BCUT2D eigenvalue weighted by atomic mass is 9.78. The second-order valence-electron chi connectivity index (χ2n) is 6.86. The first-order valence-electron chi connectivity index (χ1n) is 9.15. The second kappa shape index (κ2) is 8.54. The van der Waals surface area contributed by atoms with Gasteiger partial charge in [-0.2, -0.15) is 0 Å². The zero-order chi connectivity index (χ0) is 18.4. The number of methoxy groups -OCH3 is 1. The highest BCUT2D eigenvalue weighted by molar-refractivity contribution is 7.11. The minimum atomic E-state index is 0.143. The maximum Gasteiger partial charge on any atom is 0.191 e. The summed E-state index contributed by atoms with van der Waals surface area (Å²) >= 11 is 1.71. The van der Waals surface area contributed by atoms with Crippen LogP contribution >= 0.6 is 11.3 Å². The van der Waals surface area contributed by atoms with Crippen molar-refractivity contribution in [3.63, 3.8) is 0 Å². The van der Waals surface area contributed by atoms with E-state index in [1.54, 1.807) is 18.4 Å². The maximum absolute atomic E-state index is 5.43. The van der Waals surface area contributed by atoms with Gasteiger partial charge >= 0.3 is 0 Å². The molecule has 1 aromatic heterocycles. The molecule has 0 aliphatic heterocycles. The fourth-order valence-electron chi connectivity index (χ4n) is 3.69. The van der Waals surface area contributed by atoms with Gasteiger partial charge in [0.25, 0.3) is 0 Å². The van der Waals surface area contributed by atoms with Gasteiger partial charge in [0.2, 0.25) is 0 Å². The van der Waals surface area contributed by atoms with Crippen molar-refractivity contribution in [1.82, 2.24) is 15.6 Å². The predicted octanol–water partition coefficient (Wildman–Crippen LogP) is 3.64. The summed E-state index contributed by atoms with van der Waals surface area (Å²) in [5.41, 5.74) is 1.50. The van der Waals surface area contributed by atoms with Crippen molar-refractivity contribution >= 4 is 17.3 Å². The van der Waals surface area contributed by atoms with E-state index < -0.39 is 0 Å². The van der Waals surface area contributed by atoms with Gasteiger partial charge in [-0.15, -0.1) is 11.3 Å². The van der Waals surface area contributed by atoms with Crippen LogP contribution in [0.15, 0.2) is 35.5 Å². The van der Waals surface area contributed by atoms with Crippen LogP contribution in [0.3, 0.4) is 0 Å². The summed E-state index contributed by atoms with van der Waals surface area (Å²) in [6, 6.07) is 8.51. The van der Waals surface area contributed by atoms with Crippen LogP contribution in [0.2, 0.25) is 0 Å². The number of benzene rings is 1. The predicted molar refractivity (Wildman–Crippen MR) is 108 cm³/mol. The molecule has 0 saturated heterocycles. The van der Waals surface area contributed by atoms with Gasteiger partial charge in [-0.3, -0.25) is 4.99 Å². The van der Waals surface area contributed by atoms with Crippen molar-refractivity contribution in [1.29, 1.82) is 0 Å². The zero-order valence-corrected chi connectivity index (χ0v) is 16.7. The molecule has 140 valence electrons. The monoisotopic (exact) mass is 372 g/mol. The number of thiazole rings is 1. The molecule has 5 nitrogen and oxygen atoms in total. The van der Waals surface area contributed by atoms with E-state index >= 15 is 0 Å². The number of rotatable bonds is 6. The van der Waals surface area contributed by atoms with Crippen LogP contribution in [0.5, 0.6) is 5.75 Å². The van der Waals surface area contributed by atoms with E-state index in [0.29, 0.717) is 6.54 Å². The molecule has 0 radical (unpaired) electrons. The van der Waals surface area contributed by atoms with E-state index in [1.807, 2.05) is 19.3 Å². The first-order chi connectivity index (χ1) is 12.6. The molecule has 0 amide bonds. The Morgan fingerprint density at radius 3 is 2.77 bits per heavy atom. The summed E-state index contributed by atoms with van der Waals surface area (Å²) in [6.07, 6.45) is 6.83. The van der Waals surface area contributed by atoms with Crippen LogP contribution in [0, 0.1) is 6.92 Å². The van der Waals surface area contributed by atoms with Gasteiger partial charge in [0, 0.05) is 30.1 Å². The summed E-state index contributed by atoms with van der Waals surface area (Å²) < 4.78 is 5.43. The van der Waals surface area contributed by atoms with Crippen molar-refractivity contribution in [2.24, 2.45) is 4.99 Å². The average Bonchev–Trinajstić information content (AvgIpc) is 3.32. The van der Waals surface area contributed by atoms with Crippen LogP contribution in [0.1, 0.15) is 41.1 Å². The SMILES string of the molecule is CN=C(NCc1ncc(C)s1)NCC1(c2cccc(OC)c2)CCCC1. The van der Waals surface area contributed by atoms with Crippen LogP contribution in [0.4, 0.5) is 0 Å². The second-order valence-corrected chi connectivity index (χ2v) is 8.18. The van der Waals surface area contributed by atoms with Gasteiger partial charge in [0.1, 0.15) is 10.8 Å². The lowest BCUT2D eigenvalue weighted by Gasteiger charge is -2.31. The highest BCUT2D eigenvalue weighted by Crippen LogP contribution is 2.41. The topological polar surface area (TPSA) is 58.5 Å². The summed E-state index contributed by atoms with van der Waals surface area (Å²) in [4.78, 5) is 10.0. The van der Waals surface area contributed by atoms with Crippen LogP contribution in [-0.2, 0) is 12.0 Å². The molecule has 3 rings (SSSR count). The van der Waals surface area contributed by atoms with E-state index in [-0.39, 0.29) is 5.41 Å². The normalized spacial score (nSPS) is 16.5. The van der Waals surface area contributed by atoms with Gasteiger partial charge in [0.05, 0.1) is 13.7 Å². The molecule has 0 unspecified atom stereocenters. The molecule has 1 heterocycles. The van der Waals surface area contributed by atoms with E-state index in [4.69, 9.17) is 4.74 Å². The number of nitrogens with zero attached hydrogens (tertiary/aromatic N) is 2. The summed E-state index contributed by atoms with van der Waals surface area (Å²) in [7, 11) is 3.54. The summed E-state index contributed by atoms with van der Waals surface area (Å²) in [6.45, 7) is 3.65. The summed E-state index contributed by atoms with van der Waals surface area (Å²) in [5, 5.41) is 7.99. The maximum atomic E-state index is 5.43. The van der Waals surface area contributed by atoms with Crippen LogP contribution in [-0.4, -0.2) is 31.6 Å². The van der Waals surface area contributed by atoms with E-state index in [2.05, 4.69) is 45.7 Å². The van der Waals surface area contributed by atoms with Crippen molar-refractivity contribution in [2.75, 3.05) is 20.7 Å². The van der Waals surface area contributed by atoms with Crippen molar-refractivity contribution < 1.29 is 4.74 Å². The third-order valence-electron chi connectivity index (χ3n) is 5.14. The standard InChI is InChI=1S/C20H28N4OS/c1-15-12-22-18(26-15)13-23-19(21-2)24-14-20(9-4-5-10-20)16-7-6-8-17(11-16)25-3/h6-8,11-12H,4-5,9-10,13-14H2,1-3H3,(H2,21,23,24). The molecular weight excluding hydrogens is 344 g/mol. The Bertz CT molecular complexity index is 750. The number of guanidine groups is 1. The fraction of sp³-hybridized carbons (Fsp3) is 0.500. The molecule has 1 aliphatic rings. The summed E-state index contributed by atoms with van der Waals surface area (Å²) in [5.74, 6) is 1.75. The Morgan fingerprint density at radius 1 is 1.31 bits per heavy atom. The molecule has 26 heavy (non-hydrogen) atoms. The Kier molecular flexibility index (Phi) is 6.14. The van der Waals surface area contributed by atoms with Gasteiger partial charge in [-0.1, -0.05) is 25.0 Å². The molecular formula is C20H28N4OS. The number of ether oxygens (including phenoxy) is 1. The number of hydrogen-bond acceptors (Lipinski definition) is 4. The number of aryl methyl sites for hydroxylation is 1. The average molecular weight is 373 g/mol. The molecule has 0 atom stereocenters. The minimum Gasteiger partial charge on any atom is -0.497 e. The number of hydrogen-bond donors (Lipinski definition) is 2. The zero-order valence-electron chi connectivity index (χ0n) is 15.8. The smallest absolute Gasteiger partial charge is 0.191 e. The van der Waals surface area contributed by atoms with E-state index in [1.165, 1.54) is 36.1 Å². The molecule has 6 heteroatoms. The molecule has 2 N–H and O–H groups in total. The molecule has 1 fully saturated rings. The molecule has 0 bridgehead atoms. The van der Waals surface area contributed by atoms with E-state index in [9.17, 15) is 0 Å². The van der Waals surface area contributed by atoms with Crippen LogP contribution in [0.25, 0.3) is 0 Å².